The van der Waals surface area contributed by atoms with Crippen LogP contribution in [0.4, 0.5) is 0 Å². The van der Waals surface area contributed by atoms with Crippen molar-refractivity contribution in [3.8, 4) is 0 Å². The molecule has 4 heteroatoms. The Morgan fingerprint density at radius 2 is 2.00 bits per heavy atom. The normalized spacial score (nSPS) is 23.4. The minimum atomic E-state index is -0.219. The van der Waals surface area contributed by atoms with Crippen LogP contribution in [0.1, 0.15) is 23.7 Å². The lowest BCUT2D eigenvalue weighted by Gasteiger charge is -2.30. The van der Waals surface area contributed by atoms with Crippen LogP contribution in [0.3, 0.4) is 0 Å². The molecule has 1 aromatic rings. The zero-order chi connectivity index (χ0) is 13.0. The van der Waals surface area contributed by atoms with Gasteiger partial charge < -0.3 is 10.1 Å². The Kier molecular flexibility index (Phi) is 4.10. The second kappa shape index (κ2) is 5.78. The van der Waals surface area contributed by atoms with Gasteiger partial charge in [-0.2, -0.15) is 0 Å². The van der Waals surface area contributed by atoms with Crippen LogP contribution in [-0.4, -0.2) is 30.9 Å². The Morgan fingerprint density at radius 1 is 1.28 bits per heavy atom. The third-order valence-electron chi connectivity index (χ3n) is 3.23. The van der Waals surface area contributed by atoms with Crippen LogP contribution in [0.5, 0.6) is 0 Å². The molecule has 0 aromatic heterocycles. The molecule has 2 atom stereocenters. The van der Waals surface area contributed by atoms with Gasteiger partial charge in [-0.1, -0.05) is 18.2 Å². The summed E-state index contributed by atoms with van der Waals surface area (Å²) in [5, 5.41) is 2.88. The van der Waals surface area contributed by atoms with Gasteiger partial charge in [0.15, 0.2) is 0 Å². The average Bonchev–Trinajstić information content (AvgIpc) is 2.40. The number of rotatable bonds is 3. The molecule has 0 bridgehead atoms. The van der Waals surface area contributed by atoms with Crippen LogP contribution in [0.2, 0.25) is 0 Å². The Morgan fingerprint density at radius 3 is 2.67 bits per heavy atom. The van der Waals surface area contributed by atoms with E-state index in [2.05, 4.69) is 5.32 Å². The third kappa shape index (κ3) is 2.96. The van der Waals surface area contributed by atoms with Crippen molar-refractivity contribution >= 4 is 11.7 Å². The van der Waals surface area contributed by atoms with E-state index in [1.807, 2.05) is 18.2 Å². The van der Waals surface area contributed by atoms with E-state index in [4.69, 9.17) is 4.74 Å². The average molecular weight is 247 g/mol. The minimum Gasteiger partial charge on any atom is -0.379 e. The van der Waals surface area contributed by atoms with Gasteiger partial charge in [-0.05, 0) is 25.5 Å². The number of ketones is 1. The van der Waals surface area contributed by atoms with Crippen LogP contribution in [0.25, 0.3) is 0 Å². The first-order chi connectivity index (χ1) is 8.68. The maximum absolute atomic E-state index is 12.0. The van der Waals surface area contributed by atoms with Crippen LogP contribution in [-0.2, 0) is 9.53 Å². The molecule has 1 saturated heterocycles. The number of ether oxygens (including phenoxy) is 1. The van der Waals surface area contributed by atoms with Gasteiger partial charge >= 0.3 is 0 Å². The van der Waals surface area contributed by atoms with E-state index in [1.165, 1.54) is 0 Å². The maximum atomic E-state index is 12.0. The lowest BCUT2D eigenvalue weighted by molar-refractivity contribution is -0.124. The molecular formula is C14H17NO3. The maximum Gasteiger partial charge on any atom is 0.251 e. The second-order valence-corrected chi connectivity index (χ2v) is 4.53. The van der Waals surface area contributed by atoms with Gasteiger partial charge in [-0.3, -0.25) is 9.59 Å². The molecule has 1 N–H and O–H groups in total. The molecule has 1 heterocycles. The highest BCUT2D eigenvalue weighted by atomic mass is 16.5. The van der Waals surface area contributed by atoms with Crippen molar-refractivity contribution < 1.29 is 14.3 Å². The SMILES string of the molecule is CC(=O)[C@H]1CCOC[C@H]1NC(=O)c1ccccc1. The highest BCUT2D eigenvalue weighted by molar-refractivity contribution is 5.94. The standard InChI is InChI=1S/C14H17NO3/c1-10(16)12-7-8-18-9-13(12)15-14(17)11-5-3-2-4-6-11/h2-6,12-13H,7-9H2,1H3,(H,15,17)/t12-,13-/m1/s1. The zero-order valence-corrected chi connectivity index (χ0v) is 10.4. The Bertz CT molecular complexity index is 430. The number of benzene rings is 1. The second-order valence-electron chi connectivity index (χ2n) is 4.53. The summed E-state index contributed by atoms with van der Waals surface area (Å²) in [4.78, 5) is 23.5. The van der Waals surface area contributed by atoms with Gasteiger partial charge in [0.05, 0.1) is 12.6 Å². The quantitative estimate of drug-likeness (QED) is 0.878. The molecule has 1 fully saturated rings. The molecule has 0 saturated carbocycles. The first kappa shape index (κ1) is 12.8. The molecule has 0 spiro atoms. The van der Waals surface area contributed by atoms with Gasteiger partial charge in [-0.25, -0.2) is 0 Å². The van der Waals surface area contributed by atoms with Gasteiger partial charge in [0.2, 0.25) is 0 Å². The summed E-state index contributed by atoms with van der Waals surface area (Å²) < 4.78 is 5.33. The fourth-order valence-corrected chi connectivity index (χ4v) is 2.21. The molecule has 0 unspecified atom stereocenters. The van der Waals surface area contributed by atoms with Crippen molar-refractivity contribution in [3.05, 3.63) is 35.9 Å². The summed E-state index contributed by atoms with van der Waals surface area (Å²) in [7, 11) is 0. The Labute approximate surface area is 106 Å². The van der Waals surface area contributed by atoms with E-state index in [9.17, 15) is 9.59 Å². The monoisotopic (exact) mass is 247 g/mol. The van der Waals surface area contributed by atoms with Gasteiger partial charge in [0.1, 0.15) is 5.78 Å². The highest BCUT2D eigenvalue weighted by Crippen LogP contribution is 2.17. The van der Waals surface area contributed by atoms with E-state index in [-0.39, 0.29) is 23.7 Å². The van der Waals surface area contributed by atoms with Crippen LogP contribution in [0.15, 0.2) is 30.3 Å². The summed E-state index contributed by atoms with van der Waals surface area (Å²) in [6.45, 7) is 2.56. The first-order valence-corrected chi connectivity index (χ1v) is 6.12. The molecular weight excluding hydrogens is 230 g/mol. The third-order valence-corrected chi connectivity index (χ3v) is 3.23. The number of carbonyl (C=O) groups excluding carboxylic acids is 2. The van der Waals surface area contributed by atoms with Crippen molar-refractivity contribution in [3.63, 3.8) is 0 Å². The van der Waals surface area contributed by atoms with Crippen LogP contribution in [0, 0.1) is 5.92 Å². The van der Waals surface area contributed by atoms with E-state index in [1.54, 1.807) is 19.1 Å². The van der Waals surface area contributed by atoms with Crippen molar-refractivity contribution in [1.82, 2.24) is 5.32 Å². The number of nitrogens with one attached hydrogen (secondary N) is 1. The van der Waals surface area contributed by atoms with Crippen molar-refractivity contribution in [2.75, 3.05) is 13.2 Å². The molecule has 18 heavy (non-hydrogen) atoms. The number of hydrogen-bond acceptors (Lipinski definition) is 3. The molecule has 1 aliphatic heterocycles. The van der Waals surface area contributed by atoms with Crippen LogP contribution < -0.4 is 5.32 Å². The van der Waals surface area contributed by atoms with E-state index in [0.717, 1.165) is 0 Å². The minimum absolute atomic E-state index is 0.108. The molecule has 4 nitrogen and oxygen atoms in total. The van der Waals surface area contributed by atoms with Crippen molar-refractivity contribution in [1.29, 1.82) is 0 Å². The number of carbonyl (C=O) groups is 2. The molecule has 1 aromatic carbocycles. The lowest BCUT2D eigenvalue weighted by atomic mass is 9.91. The van der Waals surface area contributed by atoms with Gasteiger partial charge in [-0.15, -0.1) is 0 Å². The molecule has 96 valence electrons. The summed E-state index contributed by atoms with van der Waals surface area (Å²) in [6.07, 6.45) is 0.676. The van der Waals surface area contributed by atoms with Crippen molar-refractivity contribution in [2.24, 2.45) is 5.92 Å². The topological polar surface area (TPSA) is 55.4 Å². The lowest BCUT2D eigenvalue weighted by Crippen LogP contribution is -2.48. The number of Topliss-reactive ketones (excluding diaryl/α,β-unsaturated/α-hetero) is 1. The van der Waals surface area contributed by atoms with E-state index in [0.29, 0.717) is 25.2 Å². The molecule has 2 rings (SSSR count). The summed E-state index contributed by atoms with van der Waals surface area (Å²) in [5.41, 5.74) is 0.602. The van der Waals surface area contributed by atoms with Crippen molar-refractivity contribution in [2.45, 2.75) is 19.4 Å². The number of amides is 1. The summed E-state index contributed by atoms with van der Waals surface area (Å²) in [5.74, 6) is -0.180. The van der Waals surface area contributed by atoms with Gasteiger partial charge in [0.25, 0.3) is 5.91 Å². The fraction of sp³-hybridized carbons (Fsp3) is 0.429. The van der Waals surface area contributed by atoms with E-state index >= 15 is 0 Å². The van der Waals surface area contributed by atoms with E-state index < -0.39 is 0 Å². The van der Waals surface area contributed by atoms with Crippen LogP contribution >= 0.6 is 0 Å². The first-order valence-electron chi connectivity index (χ1n) is 6.12. The molecule has 0 radical (unpaired) electrons. The largest absolute Gasteiger partial charge is 0.379 e. The van der Waals surface area contributed by atoms with Gasteiger partial charge in [0, 0.05) is 18.1 Å². The molecule has 1 amide bonds. The number of hydrogen-bond donors (Lipinski definition) is 1. The predicted octanol–water partition coefficient (Wildman–Crippen LogP) is 1.41. The smallest absolute Gasteiger partial charge is 0.251 e. The highest BCUT2D eigenvalue weighted by Gasteiger charge is 2.30. The summed E-state index contributed by atoms with van der Waals surface area (Å²) >= 11 is 0. The Balaban J connectivity index is 2.03. The zero-order valence-electron chi connectivity index (χ0n) is 10.4. The Hall–Kier alpha value is -1.68. The summed E-state index contributed by atoms with van der Waals surface area (Å²) in [6, 6.07) is 8.77. The predicted molar refractivity (Wildman–Crippen MR) is 67.3 cm³/mol. The molecule has 0 aliphatic carbocycles. The fourth-order valence-electron chi connectivity index (χ4n) is 2.21. The molecule has 1 aliphatic rings.